The molecule has 2 N–H and O–H groups in total. The highest BCUT2D eigenvalue weighted by molar-refractivity contribution is 6.34. The third-order valence-corrected chi connectivity index (χ3v) is 3.78. The molecule has 10 heteroatoms. The zero-order valence-corrected chi connectivity index (χ0v) is 14.5. The summed E-state index contributed by atoms with van der Waals surface area (Å²) < 4.78 is 43.3. The van der Waals surface area contributed by atoms with Crippen LogP contribution in [0.4, 0.5) is 30.5 Å². The number of benzene rings is 1. The molecule has 0 atom stereocenters. The molecule has 1 aromatic carbocycles. The zero-order chi connectivity index (χ0) is 19.6. The van der Waals surface area contributed by atoms with Gasteiger partial charge in [0.15, 0.2) is 5.82 Å². The molecule has 6 nitrogen and oxygen atoms in total. The van der Waals surface area contributed by atoms with Crippen molar-refractivity contribution in [2.24, 2.45) is 0 Å². The number of halogens is 4. The smallest absolute Gasteiger partial charge is 0.360 e. The van der Waals surface area contributed by atoms with Crippen LogP contribution in [0.5, 0.6) is 0 Å². The zero-order valence-electron chi connectivity index (χ0n) is 13.8. The van der Waals surface area contributed by atoms with Crippen molar-refractivity contribution < 1.29 is 22.5 Å². The number of nitrogens with one attached hydrogen (secondary N) is 2. The van der Waals surface area contributed by atoms with E-state index in [1.807, 2.05) is 0 Å². The van der Waals surface area contributed by atoms with E-state index < -0.39 is 17.6 Å². The van der Waals surface area contributed by atoms with Gasteiger partial charge in [-0.1, -0.05) is 16.8 Å². The van der Waals surface area contributed by atoms with Gasteiger partial charge in [-0.25, -0.2) is 4.98 Å². The van der Waals surface area contributed by atoms with Crippen LogP contribution in [0.15, 0.2) is 47.1 Å². The molecule has 3 aromatic rings. The first-order valence-corrected chi connectivity index (χ1v) is 7.94. The maximum atomic E-state index is 12.8. The first-order chi connectivity index (χ1) is 12.7. The molecule has 0 aliphatic heterocycles. The molecule has 0 saturated carbocycles. The molecule has 3 rings (SSSR count). The van der Waals surface area contributed by atoms with E-state index in [4.69, 9.17) is 16.1 Å². The summed E-state index contributed by atoms with van der Waals surface area (Å²) >= 11 is 5.87. The number of carbonyl (C=O) groups is 1. The van der Waals surface area contributed by atoms with Gasteiger partial charge >= 0.3 is 6.18 Å². The summed E-state index contributed by atoms with van der Waals surface area (Å²) in [5, 5.41) is 8.97. The summed E-state index contributed by atoms with van der Waals surface area (Å²) in [5.41, 5.74) is -0.912. The number of aromatic nitrogens is 2. The Kier molecular flexibility index (Phi) is 5.04. The second-order valence-electron chi connectivity index (χ2n) is 5.53. The van der Waals surface area contributed by atoms with Gasteiger partial charge in [-0.2, -0.15) is 13.2 Å². The van der Waals surface area contributed by atoms with E-state index >= 15 is 0 Å². The highest BCUT2D eigenvalue weighted by atomic mass is 35.5. The van der Waals surface area contributed by atoms with Crippen LogP contribution in [0.3, 0.4) is 0 Å². The fourth-order valence-electron chi connectivity index (χ4n) is 2.15. The second kappa shape index (κ2) is 7.28. The number of amides is 1. The lowest BCUT2D eigenvalue weighted by Crippen LogP contribution is -2.14. The summed E-state index contributed by atoms with van der Waals surface area (Å²) in [6, 6.07) is 7.33. The molecular formula is C17H12ClF3N4O2. The average Bonchev–Trinajstić information content (AvgIpc) is 3.01. The predicted octanol–water partition coefficient (Wildman–Crippen LogP) is 5.05. The lowest BCUT2D eigenvalue weighted by Gasteiger charge is -2.11. The maximum Gasteiger partial charge on any atom is 0.416 e. The van der Waals surface area contributed by atoms with Crippen molar-refractivity contribution in [3.8, 4) is 0 Å². The molecule has 0 bridgehead atoms. The molecule has 2 heterocycles. The van der Waals surface area contributed by atoms with E-state index in [9.17, 15) is 18.0 Å². The Labute approximate surface area is 156 Å². The van der Waals surface area contributed by atoms with Gasteiger partial charge < -0.3 is 15.2 Å². The van der Waals surface area contributed by atoms with Crippen molar-refractivity contribution in [3.05, 3.63) is 64.5 Å². The lowest BCUT2D eigenvalue weighted by atomic mass is 10.2. The van der Waals surface area contributed by atoms with Crippen molar-refractivity contribution in [1.29, 1.82) is 0 Å². The topological polar surface area (TPSA) is 80.0 Å². The SMILES string of the molecule is Cc1cc(Nc2ccc(C(=O)Nc3cc(C(F)(F)F)ccc3Cl)cn2)no1. The second-order valence-corrected chi connectivity index (χ2v) is 5.93. The van der Waals surface area contributed by atoms with Gasteiger partial charge in [0.05, 0.1) is 21.8 Å². The standard InChI is InChI=1S/C17H12ClF3N4O2/c1-9-6-15(25-27-9)24-14-5-2-10(8-22-14)16(26)23-13-7-11(17(19,20)21)3-4-12(13)18/h2-8H,1H3,(H,23,26)(H,22,24,25). The third-order valence-electron chi connectivity index (χ3n) is 3.45. The third kappa shape index (κ3) is 4.56. The summed E-state index contributed by atoms with van der Waals surface area (Å²) in [6.07, 6.45) is -3.27. The minimum Gasteiger partial charge on any atom is -0.360 e. The van der Waals surface area contributed by atoms with Crippen molar-refractivity contribution in [2.75, 3.05) is 10.6 Å². The molecule has 0 saturated heterocycles. The normalized spacial score (nSPS) is 11.3. The molecule has 0 spiro atoms. The van der Waals surface area contributed by atoms with Crippen LogP contribution in [0, 0.1) is 6.92 Å². The minimum atomic E-state index is -4.54. The Balaban J connectivity index is 1.73. The first kappa shape index (κ1) is 18.7. The monoisotopic (exact) mass is 396 g/mol. The number of hydrogen-bond acceptors (Lipinski definition) is 5. The summed E-state index contributed by atoms with van der Waals surface area (Å²) in [6.45, 7) is 1.73. The Morgan fingerprint density at radius 3 is 2.52 bits per heavy atom. The van der Waals surface area contributed by atoms with Gasteiger partial charge in [0.2, 0.25) is 0 Å². The fraction of sp³-hybridized carbons (Fsp3) is 0.118. The van der Waals surface area contributed by atoms with Crippen LogP contribution in [-0.2, 0) is 6.18 Å². The largest absolute Gasteiger partial charge is 0.416 e. The number of aryl methyl sites for hydroxylation is 1. The van der Waals surface area contributed by atoms with E-state index in [1.54, 1.807) is 13.0 Å². The van der Waals surface area contributed by atoms with Gasteiger partial charge in [-0.05, 0) is 37.3 Å². The number of rotatable bonds is 4. The van der Waals surface area contributed by atoms with E-state index in [2.05, 4.69) is 20.8 Å². The van der Waals surface area contributed by atoms with Gasteiger partial charge in [-0.3, -0.25) is 4.79 Å². The Bertz CT molecular complexity index is 971. The minimum absolute atomic E-state index is 0.0102. The quantitative estimate of drug-likeness (QED) is 0.645. The van der Waals surface area contributed by atoms with Crippen LogP contribution in [0.25, 0.3) is 0 Å². The Morgan fingerprint density at radius 2 is 1.93 bits per heavy atom. The number of hydrogen-bond donors (Lipinski definition) is 2. The van der Waals surface area contributed by atoms with Crippen LogP contribution < -0.4 is 10.6 Å². The highest BCUT2D eigenvalue weighted by Gasteiger charge is 2.31. The fourth-order valence-corrected chi connectivity index (χ4v) is 2.32. The number of nitrogens with zero attached hydrogens (tertiary/aromatic N) is 2. The molecule has 140 valence electrons. The summed E-state index contributed by atoms with van der Waals surface area (Å²) in [7, 11) is 0. The number of pyridine rings is 1. The highest BCUT2D eigenvalue weighted by Crippen LogP contribution is 2.34. The lowest BCUT2D eigenvalue weighted by molar-refractivity contribution is -0.137. The maximum absolute atomic E-state index is 12.8. The van der Waals surface area contributed by atoms with E-state index in [-0.39, 0.29) is 16.3 Å². The molecule has 0 aliphatic carbocycles. The Hall–Kier alpha value is -3.07. The van der Waals surface area contributed by atoms with Crippen LogP contribution in [-0.4, -0.2) is 16.0 Å². The van der Waals surface area contributed by atoms with Gasteiger partial charge in [0.1, 0.15) is 11.6 Å². The van der Waals surface area contributed by atoms with Crippen LogP contribution in [0.1, 0.15) is 21.7 Å². The van der Waals surface area contributed by atoms with Crippen molar-refractivity contribution >= 4 is 34.8 Å². The molecule has 0 unspecified atom stereocenters. The molecule has 1 amide bonds. The number of carbonyl (C=O) groups excluding carboxylic acids is 1. The van der Waals surface area contributed by atoms with Crippen molar-refractivity contribution in [1.82, 2.24) is 10.1 Å². The molecule has 2 aromatic heterocycles. The van der Waals surface area contributed by atoms with Crippen LogP contribution in [0.2, 0.25) is 5.02 Å². The van der Waals surface area contributed by atoms with E-state index in [0.29, 0.717) is 17.4 Å². The number of anilines is 3. The Morgan fingerprint density at radius 1 is 1.15 bits per heavy atom. The van der Waals surface area contributed by atoms with Crippen LogP contribution >= 0.6 is 11.6 Å². The average molecular weight is 397 g/mol. The molecular weight excluding hydrogens is 385 g/mol. The van der Waals surface area contributed by atoms with Crippen molar-refractivity contribution in [2.45, 2.75) is 13.1 Å². The summed E-state index contributed by atoms with van der Waals surface area (Å²) in [4.78, 5) is 16.3. The summed E-state index contributed by atoms with van der Waals surface area (Å²) in [5.74, 6) is 0.837. The molecule has 0 radical (unpaired) electrons. The number of alkyl halides is 3. The van der Waals surface area contributed by atoms with Gasteiger partial charge in [0.25, 0.3) is 5.91 Å². The predicted molar refractivity (Wildman–Crippen MR) is 93.2 cm³/mol. The molecule has 27 heavy (non-hydrogen) atoms. The molecule has 0 fully saturated rings. The van der Waals surface area contributed by atoms with Gasteiger partial charge in [-0.15, -0.1) is 0 Å². The first-order valence-electron chi connectivity index (χ1n) is 7.57. The van der Waals surface area contributed by atoms with E-state index in [0.717, 1.165) is 18.2 Å². The van der Waals surface area contributed by atoms with Gasteiger partial charge in [0, 0.05) is 12.3 Å². The molecule has 0 aliphatic rings. The van der Waals surface area contributed by atoms with E-state index in [1.165, 1.54) is 18.3 Å². The van der Waals surface area contributed by atoms with Crippen molar-refractivity contribution in [3.63, 3.8) is 0 Å².